The molecule has 4 heteroatoms. The second kappa shape index (κ2) is 8.97. The fourth-order valence-electron chi connectivity index (χ4n) is 1.26. The Morgan fingerprint density at radius 1 is 1.29 bits per heavy atom. The van der Waals surface area contributed by atoms with Gasteiger partial charge in [0.15, 0.2) is 0 Å². The van der Waals surface area contributed by atoms with Gasteiger partial charge in [0.05, 0.1) is 6.10 Å². The van der Waals surface area contributed by atoms with E-state index in [-0.39, 0.29) is 0 Å². The number of aliphatic hydroxyl groups excluding tert-OH is 1. The normalized spacial score (nSPS) is 25.6. The molecule has 0 aromatic heterocycles. The van der Waals surface area contributed by atoms with Crippen LogP contribution in [0.5, 0.6) is 0 Å². The average molecular weight is 205 g/mol. The monoisotopic (exact) mass is 205 g/mol. The van der Waals surface area contributed by atoms with Gasteiger partial charge in [0.25, 0.3) is 0 Å². The number of hydrogen-bond donors (Lipinski definition) is 2. The van der Waals surface area contributed by atoms with Crippen LogP contribution in [0.1, 0.15) is 34.1 Å². The van der Waals surface area contributed by atoms with Crippen molar-refractivity contribution in [3.63, 3.8) is 0 Å². The average Bonchev–Trinajstić information content (AvgIpc) is 2.52. The molecule has 2 atom stereocenters. The summed E-state index contributed by atoms with van der Waals surface area (Å²) in [5.74, 6) is -0.848. The van der Waals surface area contributed by atoms with Crippen LogP contribution in [0.4, 0.5) is 0 Å². The number of rotatable bonds is 1. The highest BCUT2D eigenvalue weighted by Crippen LogP contribution is 2.14. The zero-order valence-electron chi connectivity index (χ0n) is 9.82. The molecule has 0 radical (unpaired) electrons. The number of carboxylic acids is 1. The first-order valence-electron chi connectivity index (χ1n) is 5.22. The van der Waals surface area contributed by atoms with Crippen molar-refractivity contribution in [2.75, 3.05) is 13.6 Å². The Hall–Kier alpha value is -0.610. The van der Waals surface area contributed by atoms with Gasteiger partial charge in [-0.2, -0.15) is 0 Å². The van der Waals surface area contributed by atoms with E-state index in [9.17, 15) is 4.79 Å². The highest BCUT2D eigenvalue weighted by Gasteiger charge is 2.32. The second-order valence-electron chi connectivity index (χ2n) is 2.68. The second-order valence-corrected chi connectivity index (χ2v) is 2.68. The minimum atomic E-state index is -0.848. The van der Waals surface area contributed by atoms with Crippen LogP contribution in [-0.2, 0) is 4.79 Å². The van der Waals surface area contributed by atoms with Crippen LogP contribution < -0.4 is 0 Å². The molecule has 14 heavy (non-hydrogen) atoms. The molecule has 1 rings (SSSR count). The number of likely N-dealkylation sites (N-methyl/N-ethyl adjacent to an activating group) is 1. The van der Waals surface area contributed by atoms with Crippen LogP contribution in [-0.4, -0.2) is 46.8 Å². The van der Waals surface area contributed by atoms with Gasteiger partial charge in [0.2, 0.25) is 0 Å². The van der Waals surface area contributed by atoms with Crippen LogP contribution in [0.15, 0.2) is 0 Å². The number of aliphatic hydroxyl groups is 1. The minimum Gasteiger partial charge on any atom is -0.480 e. The van der Waals surface area contributed by atoms with Crippen LogP contribution in [0.25, 0.3) is 0 Å². The number of hydrogen-bond acceptors (Lipinski definition) is 3. The van der Waals surface area contributed by atoms with E-state index in [0.717, 1.165) is 0 Å². The van der Waals surface area contributed by atoms with Crippen LogP contribution in [0.3, 0.4) is 0 Å². The van der Waals surface area contributed by atoms with Crippen LogP contribution >= 0.6 is 0 Å². The van der Waals surface area contributed by atoms with Gasteiger partial charge in [0.1, 0.15) is 6.04 Å². The summed E-state index contributed by atoms with van der Waals surface area (Å²) >= 11 is 0. The van der Waals surface area contributed by atoms with Crippen molar-refractivity contribution in [2.24, 2.45) is 0 Å². The zero-order valence-corrected chi connectivity index (χ0v) is 9.82. The molecular weight excluding hydrogens is 182 g/mol. The maximum absolute atomic E-state index is 10.4. The molecule has 2 unspecified atom stereocenters. The Balaban J connectivity index is 0. The Labute approximate surface area is 86.5 Å². The summed E-state index contributed by atoms with van der Waals surface area (Å²) in [5, 5.41) is 17.6. The van der Waals surface area contributed by atoms with Gasteiger partial charge in [0, 0.05) is 13.0 Å². The van der Waals surface area contributed by atoms with E-state index in [1.165, 1.54) is 0 Å². The standard InChI is InChI=1S/C6H11NO3.2C2H6/c1-7-3-4(8)2-5(7)6(9)10;2*1-2/h4-5,8H,2-3H2,1H3,(H,9,10);2*1-2H3. The molecule has 1 heterocycles. The molecule has 2 N–H and O–H groups in total. The molecule has 0 aromatic rings. The maximum Gasteiger partial charge on any atom is 0.321 e. The molecule has 0 spiro atoms. The Kier molecular flexibility index (Phi) is 10.1. The lowest BCUT2D eigenvalue weighted by molar-refractivity contribution is -0.141. The summed E-state index contributed by atoms with van der Waals surface area (Å²) in [5.41, 5.74) is 0. The minimum absolute atomic E-state index is 0.353. The van der Waals surface area contributed by atoms with Crippen molar-refractivity contribution in [3.8, 4) is 0 Å². The quantitative estimate of drug-likeness (QED) is 0.675. The first kappa shape index (κ1) is 15.8. The van der Waals surface area contributed by atoms with Crippen molar-refractivity contribution in [2.45, 2.75) is 46.3 Å². The lowest BCUT2D eigenvalue weighted by Crippen LogP contribution is -2.32. The predicted molar refractivity (Wildman–Crippen MR) is 57.4 cm³/mol. The van der Waals surface area contributed by atoms with Crippen molar-refractivity contribution in [1.82, 2.24) is 4.90 Å². The van der Waals surface area contributed by atoms with Crippen LogP contribution in [0.2, 0.25) is 0 Å². The van der Waals surface area contributed by atoms with E-state index in [1.54, 1.807) is 11.9 Å². The van der Waals surface area contributed by atoms with Gasteiger partial charge in [-0.25, -0.2) is 0 Å². The fraction of sp³-hybridized carbons (Fsp3) is 0.900. The molecule has 4 nitrogen and oxygen atoms in total. The maximum atomic E-state index is 10.4. The summed E-state index contributed by atoms with van der Waals surface area (Å²) in [6, 6.07) is -0.491. The van der Waals surface area contributed by atoms with E-state index in [2.05, 4.69) is 0 Å². The van der Waals surface area contributed by atoms with Gasteiger partial charge in [-0.05, 0) is 7.05 Å². The van der Waals surface area contributed by atoms with Gasteiger partial charge < -0.3 is 10.2 Å². The molecule has 1 saturated heterocycles. The van der Waals surface area contributed by atoms with E-state index < -0.39 is 18.1 Å². The third-order valence-corrected chi connectivity index (χ3v) is 1.81. The number of carboxylic acid groups (broad SMARTS) is 1. The Morgan fingerprint density at radius 3 is 1.86 bits per heavy atom. The smallest absolute Gasteiger partial charge is 0.321 e. The first-order chi connectivity index (χ1) is 6.61. The molecule has 0 aromatic carbocycles. The summed E-state index contributed by atoms with van der Waals surface area (Å²) in [6.45, 7) is 8.47. The molecule has 0 bridgehead atoms. The number of nitrogens with zero attached hydrogens (tertiary/aromatic N) is 1. The highest BCUT2D eigenvalue weighted by atomic mass is 16.4. The number of aliphatic carboxylic acids is 1. The van der Waals surface area contributed by atoms with E-state index in [4.69, 9.17) is 10.2 Å². The summed E-state index contributed by atoms with van der Waals surface area (Å²) in [4.78, 5) is 12.1. The SMILES string of the molecule is CC.CC.CN1CC(O)CC1C(=O)O. The predicted octanol–water partition coefficient (Wildman–Crippen LogP) is 1.19. The van der Waals surface area contributed by atoms with E-state index >= 15 is 0 Å². The largest absolute Gasteiger partial charge is 0.480 e. The summed E-state index contributed by atoms with van der Waals surface area (Å²) in [6.07, 6.45) is -0.114. The van der Waals surface area contributed by atoms with E-state index in [0.29, 0.717) is 13.0 Å². The number of carbonyl (C=O) groups is 1. The Bertz CT molecular complexity index is 150. The van der Waals surface area contributed by atoms with Gasteiger partial charge in [-0.15, -0.1) is 0 Å². The third kappa shape index (κ3) is 5.19. The molecule has 0 saturated carbocycles. The highest BCUT2D eigenvalue weighted by molar-refractivity contribution is 5.73. The molecule has 86 valence electrons. The molecule has 1 fully saturated rings. The Morgan fingerprint density at radius 2 is 1.71 bits per heavy atom. The van der Waals surface area contributed by atoms with Gasteiger partial charge >= 0.3 is 5.97 Å². The summed E-state index contributed by atoms with van der Waals surface area (Å²) in [7, 11) is 1.70. The van der Waals surface area contributed by atoms with E-state index in [1.807, 2.05) is 27.7 Å². The first-order valence-corrected chi connectivity index (χ1v) is 5.22. The lowest BCUT2D eigenvalue weighted by atomic mass is 10.2. The summed E-state index contributed by atoms with van der Waals surface area (Å²) < 4.78 is 0. The number of likely N-dealkylation sites (tertiary alicyclic amines) is 1. The zero-order chi connectivity index (χ0) is 11.7. The van der Waals surface area contributed by atoms with Crippen molar-refractivity contribution < 1.29 is 15.0 Å². The molecule has 1 aliphatic rings. The van der Waals surface area contributed by atoms with Crippen molar-refractivity contribution >= 4 is 5.97 Å². The van der Waals surface area contributed by atoms with Gasteiger partial charge in [-0.3, -0.25) is 9.69 Å². The third-order valence-electron chi connectivity index (χ3n) is 1.81. The van der Waals surface area contributed by atoms with Crippen LogP contribution in [0, 0.1) is 0 Å². The lowest BCUT2D eigenvalue weighted by Gasteiger charge is -2.12. The number of β-amino-alcohol motifs (C(OH)–C–C–N with tert-alkyl or cyclic N) is 1. The molecule has 1 aliphatic heterocycles. The van der Waals surface area contributed by atoms with Crippen molar-refractivity contribution in [3.05, 3.63) is 0 Å². The van der Waals surface area contributed by atoms with Crippen molar-refractivity contribution in [1.29, 1.82) is 0 Å². The topological polar surface area (TPSA) is 60.8 Å². The molecule has 0 amide bonds. The fourth-order valence-corrected chi connectivity index (χ4v) is 1.26. The molecule has 0 aliphatic carbocycles. The van der Waals surface area contributed by atoms with Gasteiger partial charge in [-0.1, -0.05) is 27.7 Å². The molecular formula is C10H23NO3.